The molecule has 0 aliphatic carbocycles. The van der Waals surface area contributed by atoms with E-state index < -0.39 is 24.1 Å². The number of hydrogen-bond donors (Lipinski definition) is 2. The van der Waals surface area contributed by atoms with Crippen LogP contribution in [0.3, 0.4) is 0 Å². The second kappa shape index (κ2) is 6.44. The number of carbonyl (C=O) groups is 2. The molecule has 0 aliphatic rings. The lowest BCUT2D eigenvalue weighted by Crippen LogP contribution is -2.39. The van der Waals surface area contributed by atoms with Crippen molar-refractivity contribution >= 4 is 11.9 Å². The quantitative estimate of drug-likeness (QED) is 0.502. The molecule has 0 fully saturated rings. The number of hydrogen-bond acceptors (Lipinski definition) is 6. The van der Waals surface area contributed by atoms with E-state index in [9.17, 15) is 9.59 Å². The molecule has 6 heteroatoms. The molecule has 0 heterocycles. The van der Waals surface area contributed by atoms with Crippen LogP contribution in [0.5, 0.6) is 0 Å². The molecule has 0 radical (unpaired) electrons. The van der Waals surface area contributed by atoms with Gasteiger partial charge in [-0.25, -0.2) is 9.59 Å². The summed E-state index contributed by atoms with van der Waals surface area (Å²) in [6.07, 6.45) is -1.07. The van der Waals surface area contributed by atoms with Gasteiger partial charge in [-0.05, 0) is 27.7 Å². The van der Waals surface area contributed by atoms with E-state index in [1.54, 1.807) is 27.7 Å². The summed E-state index contributed by atoms with van der Waals surface area (Å²) in [4.78, 5) is 22.4. The lowest BCUT2D eigenvalue weighted by molar-refractivity contribution is -0.174. The summed E-state index contributed by atoms with van der Waals surface area (Å²) in [5.41, 5.74) is 11.0. The summed E-state index contributed by atoms with van der Waals surface area (Å²) >= 11 is 0. The van der Waals surface area contributed by atoms with Crippen molar-refractivity contribution < 1.29 is 19.1 Å². The lowest BCUT2D eigenvalue weighted by Gasteiger charge is -2.18. The molecule has 4 N–H and O–H groups in total. The molecule has 4 atom stereocenters. The Morgan fingerprint density at radius 2 is 1.06 bits per heavy atom. The molecule has 0 bridgehead atoms. The number of ether oxygens (including phenoxy) is 2. The third kappa shape index (κ3) is 5.09. The summed E-state index contributed by atoms with van der Waals surface area (Å²) in [6.45, 7) is 6.55. The molecule has 0 aromatic carbocycles. The Bertz CT molecular complexity index is 227. The second-order valence-corrected chi connectivity index (χ2v) is 3.94. The Morgan fingerprint density at radius 3 is 1.25 bits per heavy atom. The van der Waals surface area contributed by atoms with Crippen LogP contribution in [0.4, 0.5) is 0 Å². The van der Waals surface area contributed by atoms with Gasteiger partial charge in [0.15, 0.2) is 0 Å². The Labute approximate surface area is 95.3 Å². The molecule has 0 aliphatic heterocycles. The van der Waals surface area contributed by atoms with E-state index in [1.165, 1.54) is 0 Å². The molecule has 0 aromatic heterocycles. The predicted octanol–water partition coefficient (Wildman–Crippen LogP) is -0.456. The van der Waals surface area contributed by atoms with Crippen molar-refractivity contribution in [2.24, 2.45) is 11.5 Å². The van der Waals surface area contributed by atoms with Gasteiger partial charge < -0.3 is 20.9 Å². The van der Waals surface area contributed by atoms with Gasteiger partial charge in [0, 0.05) is 12.1 Å². The molecule has 0 saturated heterocycles. The maximum Gasteiger partial charge on any atom is 0.417 e. The van der Waals surface area contributed by atoms with Crippen LogP contribution in [0.2, 0.25) is 0 Å². The first-order valence-corrected chi connectivity index (χ1v) is 5.18. The highest BCUT2D eigenvalue weighted by molar-refractivity contribution is 6.29. The Kier molecular flexibility index (Phi) is 5.98. The maximum absolute atomic E-state index is 11.2. The summed E-state index contributed by atoms with van der Waals surface area (Å²) in [6, 6.07) is -0.690. The predicted molar refractivity (Wildman–Crippen MR) is 58.4 cm³/mol. The van der Waals surface area contributed by atoms with Crippen LogP contribution in [0.15, 0.2) is 0 Å². The standard InChI is InChI=1S/C10H20N2O4/c1-5(11)7(3)15-9(13)10(14)16-8(4)6(2)12/h5-8H,11-12H2,1-4H3. The maximum atomic E-state index is 11.2. The van der Waals surface area contributed by atoms with Gasteiger partial charge in [-0.3, -0.25) is 0 Å². The highest BCUT2D eigenvalue weighted by Gasteiger charge is 2.24. The van der Waals surface area contributed by atoms with E-state index in [4.69, 9.17) is 20.9 Å². The molecular weight excluding hydrogens is 212 g/mol. The molecule has 0 rings (SSSR count). The molecule has 0 saturated carbocycles. The smallest absolute Gasteiger partial charge is 0.417 e. The largest absolute Gasteiger partial charge is 0.453 e. The monoisotopic (exact) mass is 232 g/mol. The van der Waals surface area contributed by atoms with Gasteiger partial charge in [-0.2, -0.15) is 0 Å². The van der Waals surface area contributed by atoms with Gasteiger partial charge in [0.2, 0.25) is 0 Å². The van der Waals surface area contributed by atoms with E-state index in [1.807, 2.05) is 0 Å². The molecule has 6 nitrogen and oxygen atoms in total. The average molecular weight is 232 g/mol. The SMILES string of the molecule is CC(N)C(C)OC(=O)C(=O)OC(C)C(C)N. The average Bonchev–Trinajstić information content (AvgIpc) is 2.16. The first-order valence-electron chi connectivity index (χ1n) is 5.18. The molecule has 94 valence electrons. The highest BCUT2D eigenvalue weighted by atomic mass is 16.6. The first-order chi connectivity index (χ1) is 7.25. The zero-order valence-corrected chi connectivity index (χ0v) is 10.1. The molecule has 16 heavy (non-hydrogen) atoms. The zero-order chi connectivity index (χ0) is 12.9. The molecule has 0 aromatic rings. The fourth-order valence-electron chi connectivity index (χ4n) is 0.649. The van der Waals surface area contributed by atoms with E-state index in [2.05, 4.69) is 0 Å². The minimum absolute atomic E-state index is 0.345. The minimum atomic E-state index is -1.04. The lowest BCUT2D eigenvalue weighted by atomic mass is 10.2. The van der Waals surface area contributed by atoms with Gasteiger partial charge >= 0.3 is 11.9 Å². The van der Waals surface area contributed by atoms with Gasteiger partial charge in [0.05, 0.1) is 0 Å². The van der Waals surface area contributed by atoms with Crippen molar-refractivity contribution in [1.82, 2.24) is 0 Å². The van der Waals surface area contributed by atoms with Gasteiger partial charge in [-0.1, -0.05) is 0 Å². The normalized spacial score (nSPS) is 18.1. The van der Waals surface area contributed by atoms with Crippen molar-refractivity contribution in [1.29, 1.82) is 0 Å². The van der Waals surface area contributed by atoms with Crippen LogP contribution in [-0.4, -0.2) is 36.2 Å². The highest BCUT2D eigenvalue weighted by Crippen LogP contribution is 2.01. The zero-order valence-electron chi connectivity index (χ0n) is 10.1. The minimum Gasteiger partial charge on any atom is -0.453 e. The van der Waals surface area contributed by atoms with Crippen molar-refractivity contribution in [2.75, 3.05) is 0 Å². The Morgan fingerprint density at radius 1 is 0.812 bits per heavy atom. The van der Waals surface area contributed by atoms with E-state index in [-0.39, 0.29) is 12.1 Å². The van der Waals surface area contributed by atoms with Gasteiger partial charge in [-0.15, -0.1) is 0 Å². The molecule has 0 spiro atoms. The second-order valence-electron chi connectivity index (χ2n) is 3.94. The topological polar surface area (TPSA) is 105 Å². The van der Waals surface area contributed by atoms with Crippen molar-refractivity contribution in [2.45, 2.75) is 52.0 Å². The van der Waals surface area contributed by atoms with E-state index in [0.717, 1.165) is 0 Å². The van der Waals surface area contributed by atoms with Crippen LogP contribution in [0.25, 0.3) is 0 Å². The van der Waals surface area contributed by atoms with Crippen LogP contribution < -0.4 is 11.5 Å². The number of carbonyl (C=O) groups excluding carboxylic acids is 2. The van der Waals surface area contributed by atoms with Gasteiger partial charge in [0.1, 0.15) is 12.2 Å². The molecular formula is C10H20N2O4. The molecule has 0 amide bonds. The van der Waals surface area contributed by atoms with E-state index >= 15 is 0 Å². The van der Waals surface area contributed by atoms with Crippen LogP contribution in [0, 0.1) is 0 Å². The Balaban J connectivity index is 4.15. The van der Waals surface area contributed by atoms with Crippen molar-refractivity contribution in [3.05, 3.63) is 0 Å². The third-order valence-electron chi connectivity index (χ3n) is 2.23. The fraction of sp³-hybridized carbons (Fsp3) is 0.800. The number of rotatable bonds is 4. The fourth-order valence-corrected chi connectivity index (χ4v) is 0.649. The summed E-state index contributed by atoms with van der Waals surface area (Å²) in [5.74, 6) is -2.09. The van der Waals surface area contributed by atoms with Gasteiger partial charge in [0.25, 0.3) is 0 Å². The summed E-state index contributed by atoms with van der Waals surface area (Å²) in [7, 11) is 0. The number of nitrogens with two attached hydrogens (primary N) is 2. The van der Waals surface area contributed by atoms with E-state index in [0.29, 0.717) is 0 Å². The number of esters is 2. The molecule has 4 unspecified atom stereocenters. The van der Waals surface area contributed by atoms with Crippen LogP contribution >= 0.6 is 0 Å². The summed E-state index contributed by atoms with van der Waals surface area (Å²) < 4.78 is 9.55. The third-order valence-corrected chi connectivity index (χ3v) is 2.23. The summed E-state index contributed by atoms with van der Waals surface area (Å²) in [5, 5.41) is 0. The van der Waals surface area contributed by atoms with Crippen LogP contribution in [0.1, 0.15) is 27.7 Å². The van der Waals surface area contributed by atoms with Crippen molar-refractivity contribution in [3.8, 4) is 0 Å². The van der Waals surface area contributed by atoms with Crippen molar-refractivity contribution in [3.63, 3.8) is 0 Å². The van der Waals surface area contributed by atoms with Crippen LogP contribution in [-0.2, 0) is 19.1 Å². The first kappa shape index (κ1) is 14.9. The Hall–Kier alpha value is -1.14.